The number of hydrogen-bond acceptors (Lipinski definition) is 6. The molecule has 0 aromatic heterocycles. The number of hydrogen-bond donors (Lipinski definition) is 0. The van der Waals surface area contributed by atoms with Gasteiger partial charge in [0.05, 0.1) is 13.2 Å². The fourth-order valence-electron chi connectivity index (χ4n) is 3.07. The van der Waals surface area contributed by atoms with Gasteiger partial charge in [-0.15, -0.1) is 0 Å². The van der Waals surface area contributed by atoms with Crippen molar-refractivity contribution in [1.29, 1.82) is 0 Å². The Morgan fingerprint density at radius 3 is 1.03 bits per heavy atom. The Labute approximate surface area is 234 Å². The van der Waals surface area contributed by atoms with Gasteiger partial charge in [-0.1, -0.05) is 84.9 Å². The first kappa shape index (κ1) is 28.4. The van der Waals surface area contributed by atoms with Crippen molar-refractivity contribution in [1.82, 2.24) is 0 Å². The molecule has 190 valence electrons. The number of rotatable bonds is 6. The minimum absolute atomic E-state index is 0. The van der Waals surface area contributed by atoms with E-state index in [0.717, 1.165) is 34.1 Å². The Bertz CT molecular complexity index is 1060. The van der Waals surface area contributed by atoms with Crippen LogP contribution < -0.4 is 35.1 Å². The molecule has 6 nitrogen and oxygen atoms in total. The average molecular weight is 636 g/mol. The van der Waals surface area contributed by atoms with E-state index in [0.29, 0.717) is 13.2 Å². The molecule has 0 fully saturated rings. The Kier molecular flexibility index (Phi) is 11.5. The third kappa shape index (κ3) is 7.93. The Balaban J connectivity index is 0.000000190. The van der Waals surface area contributed by atoms with Crippen molar-refractivity contribution in [3.63, 3.8) is 0 Å². The number of halogens is 1. The summed E-state index contributed by atoms with van der Waals surface area (Å²) in [7, 11) is -2.59. The fourth-order valence-corrected chi connectivity index (χ4v) is 5.11. The summed E-state index contributed by atoms with van der Waals surface area (Å²) >= 11 is 0. The molecule has 2 aliphatic heterocycles. The van der Waals surface area contributed by atoms with Gasteiger partial charge in [-0.25, -0.2) is 0 Å². The van der Waals surface area contributed by atoms with Gasteiger partial charge in [0.1, 0.15) is 0 Å². The summed E-state index contributed by atoms with van der Waals surface area (Å²) < 4.78 is 33.4. The maximum absolute atomic E-state index is 5.59. The summed E-state index contributed by atoms with van der Waals surface area (Å²) in [6.07, 6.45) is 0. The molecule has 0 saturated heterocycles. The second-order valence-corrected chi connectivity index (χ2v) is 9.37. The summed E-state index contributed by atoms with van der Waals surface area (Å²) in [4.78, 5) is 0. The third-order valence-corrected chi connectivity index (χ3v) is 6.81. The monoisotopic (exact) mass is 634 g/mol. The summed E-state index contributed by atoms with van der Waals surface area (Å²) in [5, 5.41) is 0. The van der Waals surface area contributed by atoms with Crippen LogP contribution in [0.15, 0.2) is 109 Å². The van der Waals surface area contributed by atoms with Crippen LogP contribution in [0.2, 0.25) is 0 Å². The SMILES string of the molecule is [Br-].[Cu+].c1ccc(COP2Oc3ccccc3O2)cc1.c1ccc(COP2Oc3ccccc3O2)cc1. The van der Waals surface area contributed by atoms with Crippen molar-refractivity contribution in [3.8, 4) is 23.0 Å². The van der Waals surface area contributed by atoms with Gasteiger partial charge in [0.2, 0.25) is 0 Å². The van der Waals surface area contributed by atoms with Crippen molar-refractivity contribution in [3.05, 3.63) is 120 Å². The molecule has 0 bridgehead atoms. The van der Waals surface area contributed by atoms with E-state index in [9.17, 15) is 0 Å². The number of benzene rings is 4. The molecule has 4 aromatic rings. The van der Waals surface area contributed by atoms with Gasteiger partial charge in [-0.2, -0.15) is 0 Å². The Morgan fingerprint density at radius 2 is 0.722 bits per heavy atom. The maximum atomic E-state index is 5.59. The third-order valence-electron chi connectivity index (χ3n) is 4.75. The molecule has 2 heterocycles. The molecule has 36 heavy (non-hydrogen) atoms. The van der Waals surface area contributed by atoms with E-state index in [2.05, 4.69) is 0 Å². The molecule has 0 aliphatic carbocycles. The molecule has 0 unspecified atom stereocenters. The second-order valence-electron chi connectivity index (χ2n) is 7.22. The van der Waals surface area contributed by atoms with E-state index >= 15 is 0 Å². The smallest absolute Gasteiger partial charge is 1.00 e. The molecule has 0 atom stereocenters. The van der Waals surface area contributed by atoms with Gasteiger partial charge in [0.25, 0.3) is 0 Å². The standard InChI is InChI=1S/2C13H11O3P.BrH.Cu/c2*1-2-6-11(7-3-1)10-14-17-15-12-8-4-5-9-13(12)16-17;;/h2*1-9H,10H2;1H;/q;;;+1/p-1. The normalized spacial score (nSPS) is 13.1. The van der Waals surface area contributed by atoms with Gasteiger partial charge in [0.15, 0.2) is 23.0 Å². The van der Waals surface area contributed by atoms with Crippen molar-refractivity contribution >= 4 is 17.2 Å². The quantitative estimate of drug-likeness (QED) is 0.224. The van der Waals surface area contributed by atoms with Crippen LogP contribution in [0.5, 0.6) is 23.0 Å². The molecule has 2 aliphatic rings. The Morgan fingerprint density at radius 1 is 0.444 bits per heavy atom. The van der Waals surface area contributed by atoms with E-state index in [4.69, 9.17) is 27.1 Å². The molecule has 0 saturated carbocycles. The average Bonchev–Trinajstić information content (AvgIpc) is 3.51. The van der Waals surface area contributed by atoms with Gasteiger partial charge >= 0.3 is 34.3 Å². The number of fused-ring (bicyclic) bond motifs is 2. The van der Waals surface area contributed by atoms with Crippen LogP contribution in [0.4, 0.5) is 0 Å². The van der Waals surface area contributed by atoms with Crippen LogP contribution in [-0.4, -0.2) is 0 Å². The summed E-state index contributed by atoms with van der Waals surface area (Å²) in [6, 6.07) is 35.1. The minimum atomic E-state index is -1.30. The zero-order chi connectivity index (χ0) is 23.0. The molecule has 0 amide bonds. The molecule has 10 heteroatoms. The van der Waals surface area contributed by atoms with Crippen LogP contribution in [-0.2, 0) is 39.3 Å². The fraction of sp³-hybridized carbons (Fsp3) is 0.0769. The molecule has 0 spiro atoms. The van der Waals surface area contributed by atoms with Gasteiger partial charge in [-0.05, 0) is 35.4 Å². The molecule has 0 N–H and O–H groups in total. The van der Waals surface area contributed by atoms with Crippen molar-refractivity contribution in [2.75, 3.05) is 0 Å². The predicted molar refractivity (Wildman–Crippen MR) is 132 cm³/mol. The van der Waals surface area contributed by atoms with Gasteiger partial charge in [-0.3, -0.25) is 9.05 Å². The van der Waals surface area contributed by atoms with Crippen molar-refractivity contribution in [2.24, 2.45) is 0 Å². The first-order chi connectivity index (χ1) is 16.8. The van der Waals surface area contributed by atoms with Crippen molar-refractivity contribution in [2.45, 2.75) is 13.2 Å². The molecule has 6 rings (SSSR count). The molecular weight excluding hydrogens is 614 g/mol. The zero-order valence-electron chi connectivity index (χ0n) is 18.8. The summed E-state index contributed by atoms with van der Waals surface area (Å²) in [5.41, 5.74) is 2.22. The van der Waals surface area contributed by atoms with Crippen molar-refractivity contribution < 1.29 is 61.2 Å². The van der Waals surface area contributed by atoms with Crippen LogP contribution in [0.3, 0.4) is 0 Å². The minimum Gasteiger partial charge on any atom is -1.00 e. The van der Waals surface area contributed by atoms with Crippen LogP contribution in [0, 0.1) is 0 Å². The molecular formula is C26H22BrCuO6P2. The topological polar surface area (TPSA) is 55.4 Å². The van der Waals surface area contributed by atoms with E-state index in [1.54, 1.807) is 0 Å². The molecule has 4 aromatic carbocycles. The van der Waals surface area contributed by atoms with E-state index in [1.165, 1.54) is 0 Å². The van der Waals surface area contributed by atoms with E-state index in [-0.39, 0.29) is 34.1 Å². The van der Waals surface area contributed by atoms with Gasteiger partial charge < -0.3 is 35.1 Å². The first-order valence-electron chi connectivity index (χ1n) is 10.7. The summed E-state index contributed by atoms with van der Waals surface area (Å²) in [5.74, 6) is 3.02. The van der Waals surface area contributed by atoms with E-state index < -0.39 is 17.2 Å². The maximum Gasteiger partial charge on any atom is 1.00 e. The van der Waals surface area contributed by atoms with Gasteiger partial charge in [0, 0.05) is 0 Å². The largest absolute Gasteiger partial charge is 1.00 e. The zero-order valence-corrected chi connectivity index (χ0v) is 23.1. The Hall–Kier alpha value is -2.14. The van der Waals surface area contributed by atoms with E-state index in [1.807, 2.05) is 109 Å². The predicted octanol–water partition coefficient (Wildman–Crippen LogP) is 4.80. The molecule has 0 radical (unpaired) electrons. The first-order valence-corrected chi connectivity index (χ1v) is 12.9. The summed E-state index contributed by atoms with van der Waals surface area (Å²) in [6.45, 7) is 1.00. The van der Waals surface area contributed by atoms with Crippen LogP contribution in [0.1, 0.15) is 11.1 Å². The second kappa shape index (κ2) is 14.6. The number of para-hydroxylation sites is 4. The van der Waals surface area contributed by atoms with Crippen LogP contribution in [0.25, 0.3) is 0 Å². The van der Waals surface area contributed by atoms with Crippen LogP contribution >= 0.6 is 17.2 Å².